The van der Waals surface area contributed by atoms with Crippen LogP contribution in [0.2, 0.25) is 0 Å². The van der Waals surface area contributed by atoms with Crippen molar-refractivity contribution in [2.24, 2.45) is 11.7 Å². The number of rotatable bonds is 3. The molecule has 1 aliphatic heterocycles. The number of nitrogens with two attached hydrogens (primary N) is 1. The second-order valence-corrected chi connectivity index (χ2v) is 8.74. The Morgan fingerprint density at radius 2 is 2.10 bits per heavy atom. The lowest BCUT2D eigenvalue weighted by atomic mass is 9.93. The molecule has 112 valence electrons. The molecular weight excluding hydrogens is 408 g/mol. The van der Waals surface area contributed by atoms with Gasteiger partial charge in [0.25, 0.3) is 0 Å². The summed E-state index contributed by atoms with van der Waals surface area (Å²) in [7, 11) is -3.53. The lowest BCUT2D eigenvalue weighted by Crippen LogP contribution is -2.51. The van der Waals surface area contributed by atoms with Crippen LogP contribution in [0.25, 0.3) is 0 Å². The Morgan fingerprint density at radius 3 is 2.75 bits per heavy atom. The molecule has 0 amide bonds. The molecule has 0 radical (unpaired) electrons. The number of sulfonamides is 1. The lowest BCUT2D eigenvalue weighted by Gasteiger charge is -2.38. The smallest absolute Gasteiger partial charge is 0.244 e. The number of halogens is 2. The van der Waals surface area contributed by atoms with Gasteiger partial charge < -0.3 is 5.73 Å². The maximum absolute atomic E-state index is 12.9. The van der Waals surface area contributed by atoms with E-state index in [9.17, 15) is 8.42 Å². The SMILES string of the molecule is CC1CCCN(S(=O)(=O)c2cc(Br)ccc2Br)C1CN. The molecule has 1 aliphatic rings. The highest BCUT2D eigenvalue weighted by atomic mass is 79.9. The van der Waals surface area contributed by atoms with E-state index < -0.39 is 10.0 Å². The first-order chi connectivity index (χ1) is 9.37. The van der Waals surface area contributed by atoms with Gasteiger partial charge in [0.15, 0.2) is 0 Å². The molecule has 1 aromatic carbocycles. The molecule has 0 bridgehead atoms. The number of hydrogen-bond donors (Lipinski definition) is 1. The highest BCUT2D eigenvalue weighted by molar-refractivity contribution is 9.11. The van der Waals surface area contributed by atoms with Crippen molar-refractivity contribution in [2.45, 2.75) is 30.7 Å². The summed E-state index contributed by atoms with van der Waals surface area (Å²) in [5, 5.41) is 0. The molecule has 20 heavy (non-hydrogen) atoms. The summed E-state index contributed by atoms with van der Waals surface area (Å²) in [5.74, 6) is 0.287. The van der Waals surface area contributed by atoms with Crippen molar-refractivity contribution >= 4 is 41.9 Å². The molecule has 2 unspecified atom stereocenters. The van der Waals surface area contributed by atoms with Gasteiger partial charge in [0.1, 0.15) is 0 Å². The van der Waals surface area contributed by atoms with Crippen LogP contribution in [0, 0.1) is 5.92 Å². The van der Waals surface area contributed by atoms with Crippen LogP contribution in [-0.4, -0.2) is 31.9 Å². The lowest BCUT2D eigenvalue weighted by molar-refractivity contribution is 0.192. The van der Waals surface area contributed by atoms with Crippen LogP contribution in [0.1, 0.15) is 19.8 Å². The molecule has 1 heterocycles. The minimum Gasteiger partial charge on any atom is -0.329 e. The molecule has 2 rings (SSSR count). The molecular formula is C13H18Br2N2O2S. The van der Waals surface area contributed by atoms with Gasteiger partial charge in [0, 0.05) is 28.1 Å². The summed E-state index contributed by atoms with van der Waals surface area (Å²) in [6, 6.07) is 5.05. The zero-order valence-corrected chi connectivity index (χ0v) is 15.2. The normalized spacial score (nSPS) is 24.8. The van der Waals surface area contributed by atoms with Gasteiger partial charge in [-0.3, -0.25) is 0 Å². The van der Waals surface area contributed by atoms with E-state index in [-0.39, 0.29) is 12.0 Å². The second-order valence-electron chi connectivity index (χ2n) is 5.11. The third-order valence-electron chi connectivity index (χ3n) is 3.79. The molecule has 2 N–H and O–H groups in total. The van der Waals surface area contributed by atoms with Crippen molar-refractivity contribution < 1.29 is 8.42 Å². The fraction of sp³-hybridized carbons (Fsp3) is 0.538. The van der Waals surface area contributed by atoms with Gasteiger partial charge in [0.2, 0.25) is 10.0 Å². The second kappa shape index (κ2) is 6.44. The van der Waals surface area contributed by atoms with Crippen LogP contribution >= 0.6 is 31.9 Å². The Balaban J connectivity index is 2.45. The first kappa shape index (κ1) is 16.4. The van der Waals surface area contributed by atoms with Crippen LogP contribution < -0.4 is 5.73 Å². The van der Waals surface area contributed by atoms with Crippen molar-refractivity contribution in [3.63, 3.8) is 0 Å². The van der Waals surface area contributed by atoms with E-state index in [0.717, 1.165) is 17.3 Å². The number of piperidine rings is 1. The molecule has 1 aromatic rings. The van der Waals surface area contributed by atoms with Gasteiger partial charge in [-0.25, -0.2) is 8.42 Å². The van der Waals surface area contributed by atoms with E-state index in [4.69, 9.17) is 5.73 Å². The van der Waals surface area contributed by atoms with Crippen molar-refractivity contribution in [3.05, 3.63) is 27.1 Å². The number of hydrogen-bond acceptors (Lipinski definition) is 3. The van der Waals surface area contributed by atoms with Crippen molar-refractivity contribution in [2.75, 3.05) is 13.1 Å². The zero-order valence-electron chi connectivity index (χ0n) is 11.2. The van der Waals surface area contributed by atoms with Gasteiger partial charge >= 0.3 is 0 Å². The molecule has 1 fully saturated rings. The maximum Gasteiger partial charge on any atom is 0.244 e. The van der Waals surface area contributed by atoms with Crippen molar-refractivity contribution in [3.8, 4) is 0 Å². The van der Waals surface area contributed by atoms with E-state index in [1.165, 1.54) is 0 Å². The Kier molecular flexibility index (Phi) is 5.29. The fourth-order valence-electron chi connectivity index (χ4n) is 2.66. The summed E-state index contributed by atoms with van der Waals surface area (Å²) >= 11 is 6.66. The standard InChI is InChI=1S/C13H18Br2N2O2S/c1-9-3-2-6-17(12(9)8-16)20(18,19)13-7-10(14)4-5-11(13)15/h4-5,7,9,12H,2-3,6,8,16H2,1H3. The van der Waals surface area contributed by atoms with Gasteiger partial charge in [-0.1, -0.05) is 22.9 Å². The van der Waals surface area contributed by atoms with Gasteiger partial charge in [-0.2, -0.15) is 4.31 Å². The van der Waals surface area contributed by atoms with Crippen molar-refractivity contribution in [1.82, 2.24) is 4.31 Å². The van der Waals surface area contributed by atoms with E-state index in [1.807, 2.05) is 6.07 Å². The van der Waals surface area contributed by atoms with Crippen LogP contribution in [0.5, 0.6) is 0 Å². The zero-order chi connectivity index (χ0) is 14.9. The minimum atomic E-state index is -3.53. The van der Waals surface area contributed by atoms with Gasteiger partial charge in [0.05, 0.1) is 4.90 Å². The molecule has 4 nitrogen and oxygen atoms in total. The quantitative estimate of drug-likeness (QED) is 0.809. The van der Waals surface area contributed by atoms with Crippen LogP contribution in [0.3, 0.4) is 0 Å². The average Bonchev–Trinajstić information content (AvgIpc) is 2.41. The molecule has 0 aromatic heterocycles. The highest BCUT2D eigenvalue weighted by Gasteiger charge is 2.37. The molecule has 7 heteroatoms. The molecule has 0 aliphatic carbocycles. The van der Waals surface area contributed by atoms with Crippen LogP contribution in [-0.2, 0) is 10.0 Å². The molecule has 0 saturated carbocycles. The summed E-state index contributed by atoms with van der Waals surface area (Å²) in [6.07, 6.45) is 1.90. The van der Waals surface area contributed by atoms with E-state index in [2.05, 4.69) is 38.8 Å². The average molecular weight is 426 g/mol. The highest BCUT2D eigenvalue weighted by Crippen LogP contribution is 2.33. The predicted octanol–water partition coefficient (Wildman–Crippen LogP) is 2.96. The van der Waals surface area contributed by atoms with E-state index in [0.29, 0.717) is 22.5 Å². The maximum atomic E-state index is 12.9. The van der Waals surface area contributed by atoms with Crippen LogP contribution in [0.15, 0.2) is 32.0 Å². The van der Waals surface area contributed by atoms with Gasteiger partial charge in [-0.05, 0) is 52.9 Å². The fourth-order valence-corrected chi connectivity index (χ4v) is 5.90. The first-order valence-electron chi connectivity index (χ1n) is 6.55. The van der Waals surface area contributed by atoms with Gasteiger partial charge in [-0.15, -0.1) is 0 Å². The summed E-state index contributed by atoms with van der Waals surface area (Å²) < 4.78 is 28.7. The minimum absolute atomic E-state index is 0.125. The number of nitrogens with zero attached hydrogens (tertiary/aromatic N) is 1. The van der Waals surface area contributed by atoms with E-state index in [1.54, 1.807) is 16.4 Å². The summed E-state index contributed by atoms with van der Waals surface area (Å²) in [4.78, 5) is 0.291. The monoisotopic (exact) mass is 424 g/mol. The Morgan fingerprint density at radius 1 is 1.40 bits per heavy atom. The number of benzene rings is 1. The third-order valence-corrected chi connectivity index (χ3v) is 7.20. The molecule has 2 atom stereocenters. The van der Waals surface area contributed by atoms with E-state index >= 15 is 0 Å². The van der Waals surface area contributed by atoms with Crippen LogP contribution in [0.4, 0.5) is 0 Å². The largest absolute Gasteiger partial charge is 0.329 e. The Hall–Kier alpha value is 0.0500. The third kappa shape index (κ3) is 3.11. The van der Waals surface area contributed by atoms with Crippen molar-refractivity contribution in [1.29, 1.82) is 0 Å². The summed E-state index contributed by atoms with van der Waals surface area (Å²) in [6.45, 7) is 2.95. The molecule has 1 saturated heterocycles. The Bertz CT molecular complexity index is 592. The predicted molar refractivity (Wildman–Crippen MR) is 87.0 cm³/mol. The molecule has 0 spiro atoms. The topological polar surface area (TPSA) is 63.4 Å². The first-order valence-corrected chi connectivity index (χ1v) is 9.57. The summed E-state index contributed by atoms with van der Waals surface area (Å²) in [5.41, 5.74) is 5.80. The Labute approximate surface area is 137 Å².